The summed E-state index contributed by atoms with van der Waals surface area (Å²) in [6.07, 6.45) is 0. The van der Waals surface area contributed by atoms with Crippen molar-refractivity contribution in [1.82, 2.24) is 0 Å². The lowest BCUT2D eigenvalue weighted by atomic mass is 10.2. The molecule has 0 amide bonds. The van der Waals surface area contributed by atoms with Crippen molar-refractivity contribution >= 4 is 40.5 Å². The Bertz CT molecular complexity index is 364. The van der Waals surface area contributed by atoms with E-state index in [2.05, 4.69) is 4.90 Å². The Hall–Kier alpha value is -0.150. The van der Waals surface area contributed by atoms with Crippen LogP contribution in [0.25, 0.3) is 0 Å². The van der Waals surface area contributed by atoms with Gasteiger partial charge in [-0.3, -0.25) is 0 Å². The van der Waals surface area contributed by atoms with Gasteiger partial charge in [-0.1, -0.05) is 34.8 Å². The largest absolute Gasteiger partial charge is 0.378 e. The molecular formula is C10H10Cl3NO. The molecule has 0 radical (unpaired) electrons. The second kappa shape index (κ2) is 4.79. The fourth-order valence-electron chi connectivity index (χ4n) is 1.56. The molecule has 1 saturated heterocycles. The first-order valence-electron chi connectivity index (χ1n) is 4.66. The van der Waals surface area contributed by atoms with Crippen molar-refractivity contribution in [2.75, 3.05) is 31.2 Å². The van der Waals surface area contributed by atoms with Crippen LogP contribution in [0.15, 0.2) is 12.1 Å². The van der Waals surface area contributed by atoms with E-state index < -0.39 is 0 Å². The Morgan fingerprint density at radius 3 is 2.20 bits per heavy atom. The number of anilines is 1. The number of hydrogen-bond acceptors (Lipinski definition) is 2. The van der Waals surface area contributed by atoms with Crippen molar-refractivity contribution in [3.63, 3.8) is 0 Å². The van der Waals surface area contributed by atoms with Crippen molar-refractivity contribution in [2.45, 2.75) is 0 Å². The van der Waals surface area contributed by atoms with Gasteiger partial charge in [-0.15, -0.1) is 0 Å². The minimum absolute atomic E-state index is 0.485. The van der Waals surface area contributed by atoms with Gasteiger partial charge in [0.05, 0.1) is 34.0 Å². The lowest BCUT2D eigenvalue weighted by molar-refractivity contribution is 0.122. The highest BCUT2D eigenvalue weighted by Crippen LogP contribution is 2.34. The molecule has 2 nitrogen and oxygen atoms in total. The van der Waals surface area contributed by atoms with Gasteiger partial charge in [0.25, 0.3) is 0 Å². The Morgan fingerprint density at radius 1 is 0.933 bits per heavy atom. The number of nitrogens with zero attached hydrogens (tertiary/aromatic N) is 1. The van der Waals surface area contributed by atoms with E-state index in [0.29, 0.717) is 15.1 Å². The molecule has 2 rings (SSSR count). The molecule has 0 bridgehead atoms. The van der Waals surface area contributed by atoms with Crippen molar-refractivity contribution in [3.8, 4) is 0 Å². The average molecular weight is 267 g/mol. The molecule has 1 aliphatic rings. The highest BCUT2D eigenvalue weighted by atomic mass is 35.5. The highest BCUT2D eigenvalue weighted by Gasteiger charge is 2.15. The van der Waals surface area contributed by atoms with Gasteiger partial charge in [0.15, 0.2) is 0 Å². The number of rotatable bonds is 1. The summed E-state index contributed by atoms with van der Waals surface area (Å²) in [6.45, 7) is 3.10. The number of hydrogen-bond donors (Lipinski definition) is 0. The maximum Gasteiger partial charge on any atom is 0.0655 e. The van der Waals surface area contributed by atoms with Crippen molar-refractivity contribution < 1.29 is 4.74 Å². The maximum atomic E-state index is 6.11. The van der Waals surface area contributed by atoms with E-state index in [1.54, 1.807) is 12.1 Å². The van der Waals surface area contributed by atoms with Crippen LogP contribution >= 0.6 is 34.8 Å². The SMILES string of the molecule is Clc1cc(Cl)c(N2CCOCC2)cc1Cl. The molecule has 1 heterocycles. The molecule has 1 fully saturated rings. The lowest BCUT2D eigenvalue weighted by Gasteiger charge is -2.29. The lowest BCUT2D eigenvalue weighted by Crippen LogP contribution is -2.36. The third-order valence-electron chi connectivity index (χ3n) is 2.34. The molecule has 82 valence electrons. The van der Waals surface area contributed by atoms with Crippen LogP contribution in [0.5, 0.6) is 0 Å². The summed E-state index contributed by atoms with van der Waals surface area (Å²) < 4.78 is 5.27. The summed E-state index contributed by atoms with van der Waals surface area (Å²) in [5.74, 6) is 0. The first-order chi connectivity index (χ1) is 7.18. The van der Waals surface area contributed by atoms with Gasteiger partial charge in [0.1, 0.15) is 0 Å². The molecule has 1 aromatic rings. The van der Waals surface area contributed by atoms with Crippen LogP contribution in [0.2, 0.25) is 15.1 Å². The van der Waals surface area contributed by atoms with Gasteiger partial charge in [0.2, 0.25) is 0 Å². The molecule has 1 aromatic carbocycles. The topological polar surface area (TPSA) is 12.5 Å². The normalized spacial score (nSPS) is 16.9. The van der Waals surface area contributed by atoms with Gasteiger partial charge in [-0.2, -0.15) is 0 Å². The maximum absolute atomic E-state index is 6.11. The molecule has 0 aromatic heterocycles. The molecule has 0 unspecified atom stereocenters. The summed E-state index contributed by atoms with van der Waals surface area (Å²) in [4.78, 5) is 2.15. The zero-order valence-corrected chi connectivity index (χ0v) is 10.2. The summed E-state index contributed by atoms with van der Waals surface area (Å²) >= 11 is 17.9. The third kappa shape index (κ3) is 2.51. The number of halogens is 3. The van der Waals surface area contributed by atoms with Crippen LogP contribution in [0.1, 0.15) is 0 Å². The minimum atomic E-state index is 0.485. The van der Waals surface area contributed by atoms with Crippen LogP contribution < -0.4 is 4.90 Å². The van der Waals surface area contributed by atoms with Gasteiger partial charge in [-0.05, 0) is 12.1 Å². The van der Waals surface area contributed by atoms with Crippen LogP contribution in [0.3, 0.4) is 0 Å². The quantitative estimate of drug-likeness (QED) is 0.722. The average Bonchev–Trinajstić information content (AvgIpc) is 2.25. The van der Waals surface area contributed by atoms with E-state index >= 15 is 0 Å². The summed E-state index contributed by atoms with van der Waals surface area (Å²) in [6, 6.07) is 3.48. The van der Waals surface area contributed by atoms with Crippen molar-refractivity contribution in [1.29, 1.82) is 0 Å². The van der Waals surface area contributed by atoms with Gasteiger partial charge >= 0.3 is 0 Å². The van der Waals surface area contributed by atoms with E-state index in [4.69, 9.17) is 39.5 Å². The fourth-order valence-corrected chi connectivity index (χ4v) is 2.22. The predicted molar refractivity (Wildman–Crippen MR) is 64.5 cm³/mol. The zero-order valence-electron chi connectivity index (χ0n) is 7.97. The third-order valence-corrected chi connectivity index (χ3v) is 3.37. The van der Waals surface area contributed by atoms with Crippen LogP contribution in [-0.2, 0) is 4.74 Å². The van der Waals surface area contributed by atoms with Gasteiger partial charge in [-0.25, -0.2) is 0 Å². The molecule has 0 atom stereocenters. The van der Waals surface area contributed by atoms with E-state index in [1.807, 2.05) is 0 Å². The fraction of sp³-hybridized carbons (Fsp3) is 0.400. The molecule has 15 heavy (non-hydrogen) atoms. The summed E-state index contributed by atoms with van der Waals surface area (Å²) in [5, 5.41) is 1.65. The van der Waals surface area contributed by atoms with Crippen LogP contribution in [-0.4, -0.2) is 26.3 Å². The molecule has 0 aliphatic carbocycles. The molecule has 0 N–H and O–H groups in total. The number of morpholine rings is 1. The molecule has 1 aliphatic heterocycles. The smallest absolute Gasteiger partial charge is 0.0655 e. The van der Waals surface area contributed by atoms with Gasteiger partial charge in [0, 0.05) is 13.1 Å². The van der Waals surface area contributed by atoms with Crippen molar-refractivity contribution in [3.05, 3.63) is 27.2 Å². The second-order valence-corrected chi connectivity index (χ2v) is 4.54. The highest BCUT2D eigenvalue weighted by molar-refractivity contribution is 6.44. The monoisotopic (exact) mass is 265 g/mol. The molecule has 0 spiro atoms. The van der Waals surface area contributed by atoms with E-state index in [0.717, 1.165) is 32.0 Å². The van der Waals surface area contributed by atoms with E-state index in [9.17, 15) is 0 Å². The zero-order chi connectivity index (χ0) is 10.8. The standard InChI is InChI=1S/C10H10Cl3NO/c11-7-5-9(13)10(6-8(7)12)14-1-3-15-4-2-14/h5-6H,1-4H2. The predicted octanol–water partition coefficient (Wildman–Crippen LogP) is 3.48. The first-order valence-corrected chi connectivity index (χ1v) is 5.79. The summed E-state index contributed by atoms with van der Waals surface area (Å²) in [5.41, 5.74) is 0.925. The molecule has 0 saturated carbocycles. The first kappa shape index (κ1) is 11.3. The Labute approximate surface area is 104 Å². The van der Waals surface area contributed by atoms with Gasteiger partial charge < -0.3 is 9.64 Å². The summed E-state index contributed by atoms with van der Waals surface area (Å²) in [7, 11) is 0. The van der Waals surface area contributed by atoms with Crippen molar-refractivity contribution in [2.24, 2.45) is 0 Å². The van der Waals surface area contributed by atoms with Crippen LogP contribution in [0.4, 0.5) is 5.69 Å². The van der Waals surface area contributed by atoms with Crippen LogP contribution in [0, 0.1) is 0 Å². The Kier molecular flexibility index (Phi) is 3.62. The number of benzene rings is 1. The van der Waals surface area contributed by atoms with E-state index in [1.165, 1.54) is 0 Å². The van der Waals surface area contributed by atoms with E-state index in [-0.39, 0.29) is 0 Å². The Morgan fingerprint density at radius 2 is 1.53 bits per heavy atom. The second-order valence-electron chi connectivity index (χ2n) is 3.32. The Balaban J connectivity index is 2.30. The molecule has 5 heteroatoms. The minimum Gasteiger partial charge on any atom is -0.378 e. The molecular weight excluding hydrogens is 256 g/mol. The number of ether oxygens (including phenoxy) is 1.